The number of aryl methyl sites for hydroxylation is 1. The van der Waals surface area contributed by atoms with Crippen molar-refractivity contribution in [2.75, 3.05) is 45.3 Å². The van der Waals surface area contributed by atoms with E-state index >= 15 is 0 Å². The van der Waals surface area contributed by atoms with Crippen LogP contribution in [0.2, 0.25) is 0 Å². The second-order valence-corrected chi connectivity index (χ2v) is 8.32. The van der Waals surface area contributed by atoms with Crippen molar-refractivity contribution in [3.8, 4) is 0 Å². The van der Waals surface area contributed by atoms with Gasteiger partial charge in [-0.2, -0.15) is 0 Å². The molecule has 0 radical (unpaired) electrons. The van der Waals surface area contributed by atoms with Gasteiger partial charge in [-0.25, -0.2) is 19.9 Å². The minimum absolute atomic E-state index is 0.393. The highest BCUT2D eigenvalue weighted by Crippen LogP contribution is 2.31. The maximum Gasteiger partial charge on any atom is 0.135 e. The highest BCUT2D eigenvalue weighted by molar-refractivity contribution is 5.50. The van der Waals surface area contributed by atoms with Crippen LogP contribution in [-0.2, 0) is 24.1 Å². The molecule has 2 aromatic rings. The molecule has 156 valence electrons. The Hall–Kier alpha value is -2.12. The van der Waals surface area contributed by atoms with Crippen molar-refractivity contribution in [2.45, 2.75) is 51.5 Å². The molecule has 0 spiro atoms. The first-order valence-electron chi connectivity index (χ1n) is 10.7. The van der Waals surface area contributed by atoms with Gasteiger partial charge >= 0.3 is 0 Å². The van der Waals surface area contributed by atoms with Crippen LogP contribution in [0.5, 0.6) is 0 Å². The van der Waals surface area contributed by atoms with E-state index in [1.807, 2.05) is 12.4 Å². The molecule has 7 heteroatoms. The van der Waals surface area contributed by atoms with Crippen LogP contribution < -0.4 is 4.90 Å². The van der Waals surface area contributed by atoms with E-state index < -0.39 is 0 Å². The van der Waals surface area contributed by atoms with Gasteiger partial charge in [0.1, 0.15) is 17.5 Å². The summed E-state index contributed by atoms with van der Waals surface area (Å²) in [7, 11) is 3.85. The number of anilines is 1. The lowest BCUT2D eigenvalue weighted by atomic mass is 9.96. The standard InChI is InChI=1S/C22H32N6O/c1-16-19-7-5-9-27(2)22(19)26-21(25-16)18-6-4-10-28(15-18)14-17-12-23-20(24-13-17)8-11-29-3/h12-13,18H,4-11,14-15H2,1-3H3/t18-/m1/s1. The van der Waals surface area contributed by atoms with E-state index in [1.165, 1.54) is 18.4 Å². The molecule has 0 bridgehead atoms. The van der Waals surface area contributed by atoms with Crippen molar-refractivity contribution in [3.63, 3.8) is 0 Å². The molecule has 1 fully saturated rings. The van der Waals surface area contributed by atoms with Gasteiger partial charge < -0.3 is 9.64 Å². The van der Waals surface area contributed by atoms with E-state index in [0.29, 0.717) is 12.5 Å². The molecule has 4 heterocycles. The van der Waals surface area contributed by atoms with Crippen LogP contribution in [0.25, 0.3) is 0 Å². The lowest BCUT2D eigenvalue weighted by Gasteiger charge is -2.33. The fraction of sp³-hybridized carbons (Fsp3) is 0.636. The molecule has 2 aliphatic heterocycles. The van der Waals surface area contributed by atoms with E-state index in [1.54, 1.807) is 7.11 Å². The summed E-state index contributed by atoms with van der Waals surface area (Å²) in [6, 6.07) is 0. The molecule has 0 saturated carbocycles. The summed E-state index contributed by atoms with van der Waals surface area (Å²) in [5, 5.41) is 0. The molecule has 29 heavy (non-hydrogen) atoms. The third kappa shape index (κ3) is 4.73. The highest BCUT2D eigenvalue weighted by Gasteiger charge is 2.27. The Morgan fingerprint density at radius 1 is 1.14 bits per heavy atom. The maximum atomic E-state index is 5.10. The molecule has 0 aliphatic carbocycles. The number of ether oxygens (including phenoxy) is 1. The van der Waals surface area contributed by atoms with Gasteiger partial charge in [0.05, 0.1) is 6.61 Å². The maximum absolute atomic E-state index is 5.10. The zero-order valence-electron chi connectivity index (χ0n) is 17.9. The highest BCUT2D eigenvalue weighted by atomic mass is 16.5. The van der Waals surface area contributed by atoms with Gasteiger partial charge in [-0.1, -0.05) is 0 Å². The van der Waals surface area contributed by atoms with Gasteiger partial charge in [-0.3, -0.25) is 4.90 Å². The second-order valence-electron chi connectivity index (χ2n) is 8.32. The van der Waals surface area contributed by atoms with Crippen molar-refractivity contribution in [3.05, 3.63) is 40.9 Å². The van der Waals surface area contributed by atoms with E-state index in [4.69, 9.17) is 14.7 Å². The molecular weight excluding hydrogens is 364 g/mol. The Labute approximate surface area is 173 Å². The zero-order valence-corrected chi connectivity index (χ0v) is 17.9. The van der Waals surface area contributed by atoms with Crippen LogP contribution in [0.15, 0.2) is 12.4 Å². The van der Waals surface area contributed by atoms with Gasteiger partial charge in [0, 0.05) is 75.3 Å². The fourth-order valence-corrected chi connectivity index (χ4v) is 4.45. The quantitative estimate of drug-likeness (QED) is 0.743. The third-order valence-corrected chi connectivity index (χ3v) is 6.06. The first-order valence-corrected chi connectivity index (χ1v) is 10.7. The average Bonchev–Trinajstić information content (AvgIpc) is 2.74. The van der Waals surface area contributed by atoms with Crippen LogP contribution in [0.1, 0.15) is 53.7 Å². The number of fused-ring (bicyclic) bond motifs is 1. The topological polar surface area (TPSA) is 67.3 Å². The van der Waals surface area contributed by atoms with Crippen molar-refractivity contribution in [1.29, 1.82) is 0 Å². The predicted octanol–water partition coefficient (Wildman–Crippen LogP) is 2.53. The summed E-state index contributed by atoms with van der Waals surface area (Å²) < 4.78 is 5.10. The molecule has 2 aliphatic rings. The van der Waals surface area contributed by atoms with E-state index in [0.717, 1.165) is 74.2 Å². The normalized spacial score (nSPS) is 20.0. The Bertz CT molecular complexity index is 825. The van der Waals surface area contributed by atoms with Gasteiger partial charge in [0.25, 0.3) is 0 Å². The number of hydrogen-bond donors (Lipinski definition) is 0. The molecule has 0 amide bonds. The predicted molar refractivity (Wildman–Crippen MR) is 113 cm³/mol. The lowest BCUT2D eigenvalue weighted by molar-refractivity contribution is 0.195. The Kier molecular flexibility index (Phi) is 6.35. The molecule has 1 saturated heterocycles. The van der Waals surface area contributed by atoms with Crippen LogP contribution >= 0.6 is 0 Å². The summed E-state index contributed by atoms with van der Waals surface area (Å²) in [5.74, 6) is 3.40. The summed E-state index contributed by atoms with van der Waals surface area (Å²) in [6.07, 6.45) is 9.29. The van der Waals surface area contributed by atoms with Gasteiger partial charge in [0.15, 0.2) is 0 Å². The number of rotatable bonds is 6. The molecule has 0 aromatic carbocycles. The minimum Gasteiger partial charge on any atom is -0.384 e. The first-order chi connectivity index (χ1) is 14.1. The van der Waals surface area contributed by atoms with Gasteiger partial charge in [-0.15, -0.1) is 0 Å². The van der Waals surface area contributed by atoms with E-state index in [2.05, 4.69) is 33.7 Å². The molecular formula is C22H32N6O. The monoisotopic (exact) mass is 396 g/mol. The largest absolute Gasteiger partial charge is 0.384 e. The Morgan fingerprint density at radius 2 is 1.97 bits per heavy atom. The number of aromatic nitrogens is 4. The molecule has 7 nitrogen and oxygen atoms in total. The second kappa shape index (κ2) is 9.13. The van der Waals surface area contributed by atoms with Crippen molar-refractivity contribution in [1.82, 2.24) is 24.8 Å². The number of methoxy groups -OCH3 is 1. The van der Waals surface area contributed by atoms with Crippen molar-refractivity contribution in [2.24, 2.45) is 0 Å². The Balaban J connectivity index is 1.43. The number of hydrogen-bond acceptors (Lipinski definition) is 7. The minimum atomic E-state index is 0.393. The summed E-state index contributed by atoms with van der Waals surface area (Å²) >= 11 is 0. The van der Waals surface area contributed by atoms with E-state index in [9.17, 15) is 0 Å². The lowest BCUT2D eigenvalue weighted by Crippen LogP contribution is -2.35. The third-order valence-electron chi connectivity index (χ3n) is 6.06. The SMILES string of the molecule is COCCc1ncc(CN2CCC[C@@H](c3nc(C)c4c(n3)N(C)CCC4)C2)cn1. The molecule has 1 atom stereocenters. The summed E-state index contributed by atoms with van der Waals surface area (Å²) in [5.41, 5.74) is 3.66. The van der Waals surface area contributed by atoms with Crippen molar-refractivity contribution < 1.29 is 4.74 Å². The molecule has 0 N–H and O–H groups in total. The average molecular weight is 397 g/mol. The van der Waals surface area contributed by atoms with Crippen LogP contribution in [0, 0.1) is 6.92 Å². The number of nitrogens with zero attached hydrogens (tertiary/aromatic N) is 6. The summed E-state index contributed by atoms with van der Waals surface area (Å²) in [4.78, 5) is 23.7. The van der Waals surface area contributed by atoms with Crippen LogP contribution in [-0.4, -0.2) is 65.2 Å². The summed E-state index contributed by atoms with van der Waals surface area (Å²) in [6.45, 7) is 6.86. The van der Waals surface area contributed by atoms with E-state index in [-0.39, 0.29) is 0 Å². The molecule has 0 unspecified atom stereocenters. The van der Waals surface area contributed by atoms with Crippen LogP contribution in [0.4, 0.5) is 5.82 Å². The Morgan fingerprint density at radius 3 is 2.76 bits per heavy atom. The van der Waals surface area contributed by atoms with Gasteiger partial charge in [-0.05, 0) is 39.2 Å². The number of likely N-dealkylation sites (tertiary alicyclic amines) is 1. The van der Waals surface area contributed by atoms with Crippen molar-refractivity contribution >= 4 is 5.82 Å². The molecule has 2 aromatic heterocycles. The first kappa shape index (κ1) is 20.2. The van der Waals surface area contributed by atoms with Gasteiger partial charge in [0.2, 0.25) is 0 Å². The molecule has 4 rings (SSSR count). The fourth-order valence-electron chi connectivity index (χ4n) is 4.45. The smallest absolute Gasteiger partial charge is 0.135 e. The zero-order chi connectivity index (χ0) is 20.2. The number of piperidine rings is 1. The van der Waals surface area contributed by atoms with Crippen LogP contribution in [0.3, 0.4) is 0 Å².